The smallest absolute Gasteiger partial charge is 0.242 e. The standard InChI is InChI=1S/C15H17FN2O4S/c1-10-2-3-12(6-13(10)16)15-17-14(22-18-15)9-23(19,20)8-11-4-5-21-7-11/h2-3,6,11H,4-5,7-9H2,1H3. The van der Waals surface area contributed by atoms with E-state index in [0.29, 0.717) is 24.3 Å². The molecular weight excluding hydrogens is 323 g/mol. The molecule has 8 heteroatoms. The Morgan fingerprint density at radius 3 is 2.91 bits per heavy atom. The van der Waals surface area contributed by atoms with Crippen molar-refractivity contribution < 1.29 is 22.1 Å². The number of aromatic nitrogens is 2. The molecule has 1 unspecified atom stereocenters. The van der Waals surface area contributed by atoms with Gasteiger partial charge in [-0.15, -0.1) is 0 Å². The second-order valence-corrected chi connectivity index (χ2v) is 7.87. The second-order valence-electron chi connectivity index (χ2n) is 5.76. The SMILES string of the molecule is Cc1ccc(-c2noc(CS(=O)(=O)CC3CCOC3)n2)cc1F. The number of rotatable bonds is 5. The van der Waals surface area contributed by atoms with Crippen LogP contribution in [0, 0.1) is 18.7 Å². The maximum Gasteiger partial charge on any atom is 0.242 e. The van der Waals surface area contributed by atoms with Crippen molar-refractivity contribution in [1.82, 2.24) is 10.1 Å². The lowest BCUT2D eigenvalue weighted by Crippen LogP contribution is -2.18. The van der Waals surface area contributed by atoms with Gasteiger partial charge in [-0.2, -0.15) is 4.98 Å². The fraction of sp³-hybridized carbons (Fsp3) is 0.467. The Labute approximate surface area is 133 Å². The summed E-state index contributed by atoms with van der Waals surface area (Å²) in [6.45, 7) is 2.72. The number of sulfone groups is 1. The fourth-order valence-electron chi connectivity index (χ4n) is 2.48. The van der Waals surface area contributed by atoms with Crippen molar-refractivity contribution in [3.05, 3.63) is 35.5 Å². The molecule has 23 heavy (non-hydrogen) atoms. The third-order valence-corrected chi connectivity index (χ3v) is 5.42. The molecule has 2 aromatic rings. The van der Waals surface area contributed by atoms with Gasteiger partial charge in [0.1, 0.15) is 11.6 Å². The number of benzene rings is 1. The summed E-state index contributed by atoms with van der Waals surface area (Å²) in [6, 6.07) is 4.57. The van der Waals surface area contributed by atoms with E-state index in [9.17, 15) is 12.8 Å². The van der Waals surface area contributed by atoms with E-state index in [1.165, 1.54) is 6.07 Å². The molecule has 0 spiro atoms. The molecule has 1 aliphatic rings. The predicted molar refractivity (Wildman–Crippen MR) is 80.8 cm³/mol. The highest BCUT2D eigenvalue weighted by atomic mass is 32.2. The first-order valence-corrected chi connectivity index (χ1v) is 9.12. The molecule has 6 nitrogen and oxygen atoms in total. The molecular formula is C15H17FN2O4S. The average molecular weight is 340 g/mol. The van der Waals surface area contributed by atoms with Crippen LogP contribution in [0.3, 0.4) is 0 Å². The van der Waals surface area contributed by atoms with Crippen LogP contribution in [0.2, 0.25) is 0 Å². The quantitative estimate of drug-likeness (QED) is 0.829. The van der Waals surface area contributed by atoms with Crippen LogP contribution < -0.4 is 0 Å². The average Bonchev–Trinajstić information content (AvgIpc) is 3.13. The van der Waals surface area contributed by atoms with Gasteiger partial charge in [0.15, 0.2) is 9.84 Å². The molecule has 124 valence electrons. The summed E-state index contributed by atoms with van der Waals surface area (Å²) < 4.78 is 48.1. The molecule has 0 bridgehead atoms. The highest BCUT2D eigenvalue weighted by Crippen LogP contribution is 2.21. The molecule has 1 aliphatic heterocycles. The molecule has 1 aromatic carbocycles. The van der Waals surface area contributed by atoms with Gasteiger partial charge in [-0.05, 0) is 30.9 Å². The van der Waals surface area contributed by atoms with Gasteiger partial charge in [0, 0.05) is 12.2 Å². The van der Waals surface area contributed by atoms with Crippen LogP contribution in [0.1, 0.15) is 17.9 Å². The van der Waals surface area contributed by atoms with E-state index in [4.69, 9.17) is 9.26 Å². The van der Waals surface area contributed by atoms with E-state index in [1.54, 1.807) is 19.1 Å². The maximum absolute atomic E-state index is 13.6. The zero-order valence-corrected chi connectivity index (χ0v) is 13.5. The van der Waals surface area contributed by atoms with Gasteiger partial charge in [0.25, 0.3) is 0 Å². The van der Waals surface area contributed by atoms with E-state index in [-0.39, 0.29) is 35.0 Å². The van der Waals surface area contributed by atoms with E-state index in [1.807, 2.05) is 0 Å². The molecule has 0 aliphatic carbocycles. The van der Waals surface area contributed by atoms with Gasteiger partial charge in [0.05, 0.1) is 12.4 Å². The predicted octanol–water partition coefficient (Wildman–Crippen LogP) is 2.14. The molecule has 1 atom stereocenters. The minimum absolute atomic E-state index is 0.0138. The number of aryl methyl sites for hydroxylation is 1. The summed E-state index contributed by atoms with van der Waals surface area (Å²) >= 11 is 0. The lowest BCUT2D eigenvalue weighted by Gasteiger charge is -2.06. The van der Waals surface area contributed by atoms with Gasteiger partial charge < -0.3 is 9.26 Å². The zero-order chi connectivity index (χ0) is 16.4. The first-order valence-electron chi connectivity index (χ1n) is 7.30. The van der Waals surface area contributed by atoms with Crippen molar-refractivity contribution in [2.45, 2.75) is 19.1 Å². The van der Waals surface area contributed by atoms with Crippen LogP contribution in [0.5, 0.6) is 0 Å². The summed E-state index contributed by atoms with van der Waals surface area (Å²) in [4.78, 5) is 4.06. The highest BCUT2D eigenvalue weighted by Gasteiger charge is 2.25. The molecule has 0 radical (unpaired) electrons. The van der Waals surface area contributed by atoms with E-state index < -0.39 is 9.84 Å². The van der Waals surface area contributed by atoms with Crippen molar-refractivity contribution in [3.63, 3.8) is 0 Å². The van der Waals surface area contributed by atoms with E-state index >= 15 is 0 Å². The number of ether oxygens (including phenoxy) is 1. The summed E-state index contributed by atoms with van der Waals surface area (Å²) in [5.74, 6) is -0.427. The molecule has 0 N–H and O–H groups in total. The maximum atomic E-state index is 13.6. The first-order chi connectivity index (χ1) is 10.9. The molecule has 0 amide bonds. The third kappa shape index (κ3) is 3.94. The molecule has 1 saturated heterocycles. The normalized spacial score (nSPS) is 18.4. The van der Waals surface area contributed by atoms with Crippen LogP contribution >= 0.6 is 0 Å². The van der Waals surface area contributed by atoms with Crippen molar-refractivity contribution in [3.8, 4) is 11.4 Å². The van der Waals surface area contributed by atoms with E-state index in [0.717, 1.165) is 6.42 Å². The topological polar surface area (TPSA) is 82.3 Å². The van der Waals surface area contributed by atoms with Crippen LogP contribution in [-0.4, -0.2) is 37.5 Å². The zero-order valence-electron chi connectivity index (χ0n) is 12.7. The monoisotopic (exact) mass is 340 g/mol. The Balaban J connectivity index is 1.72. The minimum atomic E-state index is -3.35. The molecule has 1 aromatic heterocycles. The second kappa shape index (κ2) is 6.37. The first kappa shape index (κ1) is 16.1. The fourth-order valence-corrected chi connectivity index (χ4v) is 4.08. The molecule has 3 rings (SSSR count). The summed E-state index contributed by atoms with van der Waals surface area (Å²) in [5.41, 5.74) is 0.962. The number of hydrogen-bond donors (Lipinski definition) is 0. The lowest BCUT2D eigenvalue weighted by atomic mass is 10.1. The Morgan fingerprint density at radius 1 is 1.39 bits per heavy atom. The molecule has 2 heterocycles. The minimum Gasteiger partial charge on any atom is -0.381 e. The Kier molecular flexibility index (Phi) is 4.45. The van der Waals surface area contributed by atoms with Crippen LogP contribution in [0.25, 0.3) is 11.4 Å². The third-order valence-electron chi connectivity index (χ3n) is 3.76. The summed E-state index contributed by atoms with van der Waals surface area (Å²) in [7, 11) is -3.35. The Hall–Kier alpha value is -1.80. The van der Waals surface area contributed by atoms with Crippen LogP contribution in [-0.2, 0) is 20.3 Å². The van der Waals surface area contributed by atoms with Crippen molar-refractivity contribution in [2.75, 3.05) is 19.0 Å². The van der Waals surface area contributed by atoms with Gasteiger partial charge in [0.2, 0.25) is 11.7 Å². The van der Waals surface area contributed by atoms with Gasteiger partial charge >= 0.3 is 0 Å². The van der Waals surface area contributed by atoms with Crippen molar-refractivity contribution in [2.24, 2.45) is 5.92 Å². The Bertz CT molecular complexity index is 798. The number of halogens is 1. The van der Waals surface area contributed by atoms with Crippen LogP contribution in [0.4, 0.5) is 4.39 Å². The Morgan fingerprint density at radius 2 is 2.22 bits per heavy atom. The van der Waals surface area contributed by atoms with E-state index in [2.05, 4.69) is 10.1 Å². The van der Waals surface area contributed by atoms with Crippen LogP contribution in [0.15, 0.2) is 22.7 Å². The van der Waals surface area contributed by atoms with Crippen molar-refractivity contribution >= 4 is 9.84 Å². The summed E-state index contributed by atoms with van der Waals surface area (Å²) in [6.07, 6.45) is 0.747. The molecule has 1 fully saturated rings. The number of hydrogen-bond acceptors (Lipinski definition) is 6. The molecule has 0 saturated carbocycles. The summed E-state index contributed by atoms with van der Waals surface area (Å²) in [5, 5.41) is 3.73. The number of nitrogens with zero attached hydrogens (tertiary/aromatic N) is 2. The lowest BCUT2D eigenvalue weighted by molar-refractivity contribution is 0.188. The van der Waals surface area contributed by atoms with Gasteiger partial charge in [-0.3, -0.25) is 0 Å². The van der Waals surface area contributed by atoms with Crippen molar-refractivity contribution in [1.29, 1.82) is 0 Å². The van der Waals surface area contributed by atoms with Gasteiger partial charge in [-0.1, -0.05) is 17.3 Å². The van der Waals surface area contributed by atoms with Gasteiger partial charge in [-0.25, -0.2) is 12.8 Å². The largest absolute Gasteiger partial charge is 0.381 e. The highest BCUT2D eigenvalue weighted by molar-refractivity contribution is 7.90.